The van der Waals surface area contributed by atoms with E-state index in [1.165, 1.54) is 0 Å². The lowest BCUT2D eigenvalue weighted by Gasteiger charge is -2.42. The fraction of sp³-hybridized carbons (Fsp3) is 0.933. The molecule has 118 valence electrons. The Kier molecular flexibility index (Phi) is 6.43. The molecule has 0 aromatic heterocycles. The number of hydrogen-bond donors (Lipinski definition) is 1. The lowest BCUT2D eigenvalue weighted by molar-refractivity contribution is -0.162. The summed E-state index contributed by atoms with van der Waals surface area (Å²) in [5, 5.41) is 3.37. The van der Waals surface area contributed by atoms with E-state index in [4.69, 9.17) is 9.47 Å². The zero-order chi connectivity index (χ0) is 15.2. The Bertz CT molecular complexity index is 312. The van der Waals surface area contributed by atoms with E-state index in [1.807, 2.05) is 27.7 Å². The molecule has 1 rings (SSSR count). The molecule has 1 aliphatic heterocycles. The smallest absolute Gasteiger partial charge is 0.326 e. The summed E-state index contributed by atoms with van der Waals surface area (Å²) in [6, 6.07) is 0. The van der Waals surface area contributed by atoms with Gasteiger partial charge >= 0.3 is 5.97 Å². The lowest BCUT2D eigenvalue weighted by atomic mass is 9.85. The minimum absolute atomic E-state index is 0.146. The molecule has 0 aromatic rings. The van der Waals surface area contributed by atoms with Crippen molar-refractivity contribution in [3.63, 3.8) is 0 Å². The van der Waals surface area contributed by atoms with Crippen LogP contribution in [0.15, 0.2) is 0 Å². The number of ether oxygens (including phenoxy) is 2. The topological polar surface area (TPSA) is 50.8 Å². The SMILES string of the molecule is CCOC(=O)C(C)(CC(C)(C)OC)N1CCCNCC1. The monoisotopic (exact) mass is 286 g/mol. The first-order valence-corrected chi connectivity index (χ1v) is 7.54. The van der Waals surface area contributed by atoms with E-state index in [0.29, 0.717) is 13.0 Å². The first-order chi connectivity index (χ1) is 9.35. The highest BCUT2D eigenvalue weighted by Crippen LogP contribution is 2.30. The summed E-state index contributed by atoms with van der Waals surface area (Å²) in [5.74, 6) is -0.146. The van der Waals surface area contributed by atoms with Crippen LogP contribution < -0.4 is 5.32 Å². The summed E-state index contributed by atoms with van der Waals surface area (Å²) in [5.41, 5.74) is -0.997. The number of carbonyl (C=O) groups is 1. The zero-order valence-electron chi connectivity index (χ0n) is 13.6. The number of carbonyl (C=O) groups excluding carboxylic acids is 1. The van der Waals surface area contributed by atoms with Crippen molar-refractivity contribution < 1.29 is 14.3 Å². The normalized spacial score (nSPS) is 21.1. The van der Waals surface area contributed by atoms with Crippen LogP contribution in [0.5, 0.6) is 0 Å². The minimum Gasteiger partial charge on any atom is -0.465 e. The van der Waals surface area contributed by atoms with Crippen molar-refractivity contribution in [1.29, 1.82) is 0 Å². The maximum Gasteiger partial charge on any atom is 0.326 e. The maximum atomic E-state index is 12.5. The summed E-state index contributed by atoms with van der Waals surface area (Å²) in [6.07, 6.45) is 1.66. The van der Waals surface area contributed by atoms with Crippen LogP contribution in [-0.4, -0.2) is 61.9 Å². The predicted molar refractivity (Wildman–Crippen MR) is 79.8 cm³/mol. The Balaban J connectivity index is 2.95. The minimum atomic E-state index is -0.637. The molecule has 1 atom stereocenters. The van der Waals surface area contributed by atoms with Gasteiger partial charge in [0.25, 0.3) is 0 Å². The number of hydrogen-bond acceptors (Lipinski definition) is 5. The molecule has 5 nitrogen and oxygen atoms in total. The highest BCUT2D eigenvalue weighted by molar-refractivity contribution is 5.80. The van der Waals surface area contributed by atoms with Crippen molar-refractivity contribution >= 4 is 5.97 Å². The molecule has 20 heavy (non-hydrogen) atoms. The largest absolute Gasteiger partial charge is 0.465 e. The highest BCUT2D eigenvalue weighted by atomic mass is 16.5. The average Bonchev–Trinajstić information content (AvgIpc) is 2.67. The molecule has 1 unspecified atom stereocenters. The molecule has 0 bridgehead atoms. The van der Waals surface area contributed by atoms with Crippen molar-refractivity contribution in [1.82, 2.24) is 10.2 Å². The van der Waals surface area contributed by atoms with E-state index in [1.54, 1.807) is 7.11 Å². The molecule has 0 aromatic carbocycles. The first kappa shape index (κ1) is 17.4. The van der Waals surface area contributed by atoms with Crippen LogP contribution in [-0.2, 0) is 14.3 Å². The van der Waals surface area contributed by atoms with Gasteiger partial charge in [-0.2, -0.15) is 0 Å². The van der Waals surface area contributed by atoms with E-state index in [-0.39, 0.29) is 11.6 Å². The Morgan fingerprint density at radius 3 is 2.55 bits per heavy atom. The second-order valence-corrected chi connectivity index (χ2v) is 6.23. The molecule has 1 N–H and O–H groups in total. The fourth-order valence-electron chi connectivity index (χ4n) is 2.84. The number of nitrogens with zero attached hydrogens (tertiary/aromatic N) is 1. The number of rotatable bonds is 6. The van der Waals surface area contributed by atoms with Gasteiger partial charge in [0.15, 0.2) is 0 Å². The van der Waals surface area contributed by atoms with E-state index >= 15 is 0 Å². The molecule has 1 saturated heterocycles. The average molecular weight is 286 g/mol. The standard InChI is InChI=1S/C15H30N2O3/c1-6-20-13(18)15(4,12-14(2,3)19-5)17-10-7-8-16-9-11-17/h16H,6-12H2,1-5H3. The van der Waals surface area contributed by atoms with Gasteiger partial charge in [-0.05, 0) is 40.7 Å². The molecule has 1 heterocycles. The number of nitrogens with one attached hydrogen (secondary N) is 1. The third-order valence-corrected chi connectivity index (χ3v) is 4.08. The molecular weight excluding hydrogens is 256 g/mol. The number of methoxy groups -OCH3 is 1. The van der Waals surface area contributed by atoms with Gasteiger partial charge in [-0.25, -0.2) is 0 Å². The molecule has 1 fully saturated rings. The summed E-state index contributed by atoms with van der Waals surface area (Å²) in [6.45, 7) is 11.9. The lowest BCUT2D eigenvalue weighted by Crippen LogP contribution is -2.57. The summed E-state index contributed by atoms with van der Waals surface area (Å²) >= 11 is 0. The summed E-state index contributed by atoms with van der Waals surface area (Å²) in [4.78, 5) is 14.8. The van der Waals surface area contributed by atoms with E-state index in [0.717, 1.165) is 32.6 Å². The third-order valence-electron chi connectivity index (χ3n) is 4.08. The van der Waals surface area contributed by atoms with Crippen LogP contribution >= 0.6 is 0 Å². The first-order valence-electron chi connectivity index (χ1n) is 7.54. The van der Waals surface area contributed by atoms with Crippen molar-refractivity contribution in [3.05, 3.63) is 0 Å². The molecule has 0 spiro atoms. The summed E-state index contributed by atoms with van der Waals surface area (Å²) in [7, 11) is 1.69. The van der Waals surface area contributed by atoms with Gasteiger partial charge in [-0.1, -0.05) is 0 Å². The van der Waals surface area contributed by atoms with Crippen LogP contribution in [0.1, 0.15) is 40.5 Å². The Hall–Kier alpha value is -0.650. The Morgan fingerprint density at radius 2 is 1.95 bits per heavy atom. The van der Waals surface area contributed by atoms with Crippen LogP contribution in [0.4, 0.5) is 0 Å². The fourth-order valence-corrected chi connectivity index (χ4v) is 2.84. The molecule has 0 saturated carbocycles. The van der Waals surface area contributed by atoms with Gasteiger partial charge in [0.2, 0.25) is 0 Å². The van der Waals surface area contributed by atoms with Crippen LogP contribution in [0.3, 0.4) is 0 Å². The summed E-state index contributed by atoms with van der Waals surface area (Å²) < 4.78 is 10.9. The second kappa shape index (κ2) is 7.38. The van der Waals surface area contributed by atoms with Crippen LogP contribution in [0.25, 0.3) is 0 Å². The van der Waals surface area contributed by atoms with E-state index < -0.39 is 5.54 Å². The highest BCUT2D eigenvalue weighted by Gasteiger charge is 2.44. The molecule has 0 aliphatic carbocycles. The van der Waals surface area contributed by atoms with Gasteiger partial charge in [0.1, 0.15) is 5.54 Å². The molecule has 1 aliphatic rings. The van der Waals surface area contributed by atoms with E-state index in [9.17, 15) is 4.79 Å². The van der Waals surface area contributed by atoms with Gasteiger partial charge in [-0.15, -0.1) is 0 Å². The van der Waals surface area contributed by atoms with Crippen molar-refractivity contribution in [2.75, 3.05) is 39.9 Å². The van der Waals surface area contributed by atoms with Crippen LogP contribution in [0.2, 0.25) is 0 Å². The molecular formula is C15H30N2O3. The second-order valence-electron chi connectivity index (χ2n) is 6.23. The molecule has 5 heteroatoms. The zero-order valence-corrected chi connectivity index (χ0v) is 13.6. The van der Waals surface area contributed by atoms with Gasteiger partial charge in [0.05, 0.1) is 12.2 Å². The maximum absolute atomic E-state index is 12.5. The molecule has 0 amide bonds. The van der Waals surface area contributed by atoms with Gasteiger partial charge in [0, 0.05) is 33.2 Å². The van der Waals surface area contributed by atoms with Gasteiger partial charge < -0.3 is 14.8 Å². The van der Waals surface area contributed by atoms with Crippen LogP contribution in [0, 0.1) is 0 Å². The van der Waals surface area contributed by atoms with E-state index in [2.05, 4.69) is 10.2 Å². The number of esters is 1. The Labute approximate surface area is 123 Å². The van der Waals surface area contributed by atoms with Crippen molar-refractivity contribution in [2.24, 2.45) is 0 Å². The Morgan fingerprint density at radius 1 is 1.25 bits per heavy atom. The third kappa shape index (κ3) is 4.43. The van der Waals surface area contributed by atoms with Crippen molar-refractivity contribution in [3.8, 4) is 0 Å². The predicted octanol–water partition coefficient (Wildman–Crippen LogP) is 1.42. The quantitative estimate of drug-likeness (QED) is 0.748. The molecule has 0 radical (unpaired) electrons. The van der Waals surface area contributed by atoms with Crippen molar-refractivity contribution in [2.45, 2.75) is 51.7 Å². The van der Waals surface area contributed by atoms with Gasteiger partial charge in [-0.3, -0.25) is 9.69 Å².